The molecule has 9 heavy (non-hydrogen) atoms. The second-order valence-electron chi connectivity index (χ2n) is 2.01. The Labute approximate surface area is 57.8 Å². The van der Waals surface area contributed by atoms with Gasteiger partial charge in [-0.05, 0) is 6.92 Å². The summed E-state index contributed by atoms with van der Waals surface area (Å²) < 4.78 is 4.55. The molecule has 2 nitrogen and oxygen atoms in total. The highest BCUT2D eigenvalue weighted by molar-refractivity contribution is 4.36. The summed E-state index contributed by atoms with van der Waals surface area (Å²) in [4.78, 5) is 0. The van der Waals surface area contributed by atoms with Gasteiger partial charge in [0.25, 0.3) is 0 Å². The molecule has 0 aromatic heterocycles. The molecule has 0 aromatic carbocycles. The van der Waals surface area contributed by atoms with E-state index in [-0.39, 0.29) is 6.10 Å². The highest BCUT2D eigenvalue weighted by Gasteiger charge is 1.87. The lowest BCUT2D eigenvalue weighted by Gasteiger charge is -1.97. The lowest BCUT2D eigenvalue weighted by Crippen LogP contribution is -2.07. The Hall–Kier alpha value is -0.0800. The molecule has 0 saturated heterocycles. The number of hydrogen-bond acceptors (Lipinski definition) is 2. The zero-order chi connectivity index (χ0) is 7.70. The number of ether oxygens (including phenoxy) is 1. The van der Waals surface area contributed by atoms with Crippen molar-refractivity contribution in [3.63, 3.8) is 0 Å². The topological polar surface area (TPSA) is 29.5 Å². The van der Waals surface area contributed by atoms with Crippen molar-refractivity contribution in [3.8, 4) is 0 Å². The van der Waals surface area contributed by atoms with E-state index in [1.54, 1.807) is 14.0 Å². The third-order valence-corrected chi connectivity index (χ3v) is 0.408. The zero-order valence-corrected chi connectivity index (χ0v) is 6.85. The summed E-state index contributed by atoms with van der Waals surface area (Å²) in [6.07, 6.45) is 0.926. The fourth-order valence-corrected chi connectivity index (χ4v) is 0.241. The Kier molecular flexibility index (Phi) is 14.0. The first-order chi connectivity index (χ1) is 4.18. The maximum absolute atomic E-state index is 8.43. The standard InChI is InChI=1S/C4H10O2.C3H8/c1-4(5)3-6-2;1-3-2/h4-5H,3H2,1-2H3;3H2,1-2H3. The number of aliphatic hydroxyl groups is 1. The molecule has 1 unspecified atom stereocenters. The van der Waals surface area contributed by atoms with E-state index in [0.29, 0.717) is 6.61 Å². The maximum atomic E-state index is 8.43. The van der Waals surface area contributed by atoms with Gasteiger partial charge in [-0.25, -0.2) is 0 Å². The number of rotatable bonds is 2. The molecule has 1 N–H and O–H groups in total. The third kappa shape index (κ3) is 32.6. The first kappa shape index (κ1) is 11.7. The highest BCUT2D eigenvalue weighted by atomic mass is 16.5. The Bertz CT molecular complexity index is 35.9. The lowest BCUT2D eigenvalue weighted by molar-refractivity contribution is 0.0765. The van der Waals surface area contributed by atoms with Gasteiger partial charge in [0.2, 0.25) is 0 Å². The highest BCUT2D eigenvalue weighted by Crippen LogP contribution is 1.75. The van der Waals surface area contributed by atoms with Gasteiger partial charge in [0.05, 0.1) is 12.7 Å². The molecule has 2 heteroatoms. The Morgan fingerprint density at radius 1 is 1.44 bits per heavy atom. The summed E-state index contributed by atoms with van der Waals surface area (Å²) in [6.45, 7) is 6.36. The summed E-state index contributed by atoms with van der Waals surface area (Å²) in [7, 11) is 1.56. The molecule has 0 fully saturated rings. The van der Waals surface area contributed by atoms with Crippen molar-refractivity contribution in [1.82, 2.24) is 0 Å². The average Bonchev–Trinajstić information content (AvgIpc) is 1.67. The Morgan fingerprint density at radius 2 is 1.78 bits per heavy atom. The molecular formula is C7H18O2. The molecule has 0 bridgehead atoms. The van der Waals surface area contributed by atoms with E-state index in [2.05, 4.69) is 18.6 Å². The van der Waals surface area contributed by atoms with Gasteiger partial charge in [-0.15, -0.1) is 0 Å². The minimum absolute atomic E-state index is 0.324. The molecule has 0 spiro atoms. The Morgan fingerprint density at radius 3 is 1.78 bits per heavy atom. The van der Waals surface area contributed by atoms with E-state index in [1.165, 1.54) is 6.42 Å². The lowest BCUT2D eigenvalue weighted by atomic mass is 10.5. The minimum Gasteiger partial charge on any atom is -0.391 e. The molecule has 58 valence electrons. The van der Waals surface area contributed by atoms with Crippen LogP contribution in [-0.2, 0) is 4.74 Å². The van der Waals surface area contributed by atoms with Gasteiger partial charge in [-0.3, -0.25) is 0 Å². The van der Waals surface area contributed by atoms with Crippen LogP contribution in [0.25, 0.3) is 0 Å². The van der Waals surface area contributed by atoms with Gasteiger partial charge in [-0.1, -0.05) is 20.3 Å². The summed E-state index contributed by atoms with van der Waals surface area (Å²) >= 11 is 0. The predicted molar refractivity (Wildman–Crippen MR) is 39.5 cm³/mol. The summed E-state index contributed by atoms with van der Waals surface area (Å²) in [6, 6.07) is 0. The quantitative estimate of drug-likeness (QED) is 0.619. The van der Waals surface area contributed by atoms with Gasteiger partial charge in [-0.2, -0.15) is 0 Å². The van der Waals surface area contributed by atoms with Gasteiger partial charge >= 0.3 is 0 Å². The van der Waals surface area contributed by atoms with Crippen LogP contribution in [0.15, 0.2) is 0 Å². The van der Waals surface area contributed by atoms with Gasteiger partial charge in [0.15, 0.2) is 0 Å². The molecule has 1 atom stereocenters. The monoisotopic (exact) mass is 134 g/mol. The molecule has 0 aliphatic heterocycles. The maximum Gasteiger partial charge on any atom is 0.0745 e. The Balaban J connectivity index is 0. The summed E-state index contributed by atoms with van der Waals surface area (Å²) in [5, 5.41) is 8.43. The normalized spacial score (nSPS) is 11.7. The van der Waals surface area contributed by atoms with E-state index in [1.807, 2.05) is 0 Å². The minimum atomic E-state index is -0.324. The summed E-state index contributed by atoms with van der Waals surface area (Å²) in [5.74, 6) is 0. The van der Waals surface area contributed by atoms with Crippen LogP contribution in [0.1, 0.15) is 27.2 Å². The average molecular weight is 134 g/mol. The molecular weight excluding hydrogens is 116 g/mol. The second-order valence-corrected chi connectivity index (χ2v) is 2.01. The van der Waals surface area contributed by atoms with Crippen LogP contribution in [0.3, 0.4) is 0 Å². The first-order valence-corrected chi connectivity index (χ1v) is 3.35. The van der Waals surface area contributed by atoms with Crippen LogP contribution < -0.4 is 0 Å². The first-order valence-electron chi connectivity index (χ1n) is 3.35. The molecule has 0 radical (unpaired) electrons. The van der Waals surface area contributed by atoms with Gasteiger partial charge < -0.3 is 9.84 Å². The van der Waals surface area contributed by atoms with Crippen LogP contribution >= 0.6 is 0 Å². The van der Waals surface area contributed by atoms with Crippen molar-refractivity contribution in [3.05, 3.63) is 0 Å². The van der Waals surface area contributed by atoms with Crippen molar-refractivity contribution in [2.75, 3.05) is 13.7 Å². The number of hydrogen-bond donors (Lipinski definition) is 1. The SMILES string of the molecule is CCC.COCC(C)O. The largest absolute Gasteiger partial charge is 0.391 e. The van der Waals surface area contributed by atoms with Crippen molar-refractivity contribution in [2.45, 2.75) is 33.3 Å². The molecule has 0 aliphatic carbocycles. The summed E-state index contributed by atoms with van der Waals surface area (Å²) in [5.41, 5.74) is 0. The molecule has 0 aliphatic rings. The van der Waals surface area contributed by atoms with Crippen molar-refractivity contribution < 1.29 is 9.84 Å². The van der Waals surface area contributed by atoms with Crippen molar-refractivity contribution in [1.29, 1.82) is 0 Å². The van der Waals surface area contributed by atoms with Gasteiger partial charge in [0.1, 0.15) is 0 Å². The zero-order valence-electron chi connectivity index (χ0n) is 6.85. The van der Waals surface area contributed by atoms with E-state index in [4.69, 9.17) is 5.11 Å². The predicted octanol–water partition coefficient (Wildman–Crippen LogP) is 1.43. The molecule has 0 amide bonds. The number of methoxy groups -OCH3 is 1. The van der Waals surface area contributed by atoms with Crippen molar-refractivity contribution in [2.24, 2.45) is 0 Å². The third-order valence-electron chi connectivity index (χ3n) is 0.408. The van der Waals surface area contributed by atoms with E-state index >= 15 is 0 Å². The van der Waals surface area contributed by atoms with Crippen LogP contribution in [0, 0.1) is 0 Å². The van der Waals surface area contributed by atoms with Crippen LogP contribution in [0.2, 0.25) is 0 Å². The van der Waals surface area contributed by atoms with E-state index < -0.39 is 0 Å². The number of aliphatic hydroxyl groups excluding tert-OH is 1. The molecule has 0 saturated carbocycles. The van der Waals surface area contributed by atoms with Crippen LogP contribution in [0.5, 0.6) is 0 Å². The van der Waals surface area contributed by atoms with Crippen molar-refractivity contribution >= 4 is 0 Å². The smallest absolute Gasteiger partial charge is 0.0745 e. The fourth-order valence-electron chi connectivity index (χ4n) is 0.241. The van der Waals surface area contributed by atoms with Gasteiger partial charge in [0, 0.05) is 7.11 Å². The molecule has 0 heterocycles. The van der Waals surface area contributed by atoms with Crippen LogP contribution in [0.4, 0.5) is 0 Å². The molecule has 0 rings (SSSR count). The van der Waals surface area contributed by atoms with E-state index in [0.717, 1.165) is 0 Å². The fraction of sp³-hybridized carbons (Fsp3) is 1.00. The van der Waals surface area contributed by atoms with Crippen LogP contribution in [-0.4, -0.2) is 24.9 Å². The van der Waals surface area contributed by atoms with E-state index in [9.17, 15) is 0 Å². The second kappa shape index (κ2) is 10.8. The molecule has 0 aromatic rings.